The Hall–Kier alpha value is -1.59. The molecule has 0 aliphatic carbocycles. The van der Waals surface area contributed by atoms with Gasteiger partial charge >= 0.3 is 12.1 Å². The van der Waals surface area contributed by atoms with Crippen LogP contribution in [0.2, 0.25) is 0 Å². The summed E-state index contributed by atoms with van der Waals surface area (Å²) >= 11 is 0. The lowest BCUT2D eigenvalue weighted by Crippen LogP contribution is -2.13. The molecule has 0 saturated carbocycles. The number of aromatic nitrogens is 1. The highest BCUT2D eigenvalue weighted by molar-refractivity contribution is 5.76. The van der Waals surface area contributed by atoms with Gasteiger partial charge in [0, 0.05) is 6.20 Å². The van der Waals surface area contributed by atoms with Crippen molar-refractivity contribution < 1.29 is 22.7 Å². The molecule has 1 rings (SSSR count). The molecule has 3 nitrogen and oxygen atoms in total. The fourth-order valence-corrected chi connectivity index (χ4v) is 1.13. The molecule has 0 amide bonds. The molecule has 0 fully saturated rings. The van der Waals surface area contributed by atoms with E-state index in [-0.39, 0.29) is 5.69 Å². The number of carbonyl (C=O) groups excluding carboxylic acids is 1. The van der Waals surface area contributed by atoms with Gasteiger partial charge in [0.2, 0.25) is 0 Å². The quantitative estimate of drug-likeness (QED) is 0.736. The molecule has 0 spiro atoms. The fraction of sp³-hybridized carbons (Fsp3) is 0.400. The Labute approximate surface area is 90.2 Å². The standard InChI is InChI=1S/C10H10F3NO2/c1-6(9(15)16-2)8-4-3-7(5-14-8)10(11,12)13/h3-6H,1-2H3. The molecule has 0 radical (unpaired) electrons. The molecule has 0 N–H and O–H groups in total. The van der Waals surface area contributed by atoms with Gasteiger partial charge in [-0.15, -0.1) is 0 Å². The SMILES string of the molecule is COC(=O)C(C)c1ccc(C(F)(F)F)cn1. The number of methoxy groups -OCH3 is 1. The van der Waals surface area contributed by atoms with E-state index in [9.17, 15) is 18.0 Å². The molecule has 88 valence electrons. The highest BCUT2D eigenvalue weighted by atomic mass is 19.4. The van der Waals surface area contributed by atoms with Crippen molar-refractivity contribution in [2.45, 2.75) is 19.0 Å². The van der Waals surface area contributed by atoms with Crippen LogP contribution in [0.1, 0.15) is 24.1 Å². The molecule has 1 atom stereocenters. The van der Waals surface area contributed by atoms with Crippen LogP contribution in [0.15, 0.2) is 18.3 Å². The fourth-order valence-electron chi connectivity index (χ4n) is 1.13. The van der Waals surface area contributed by atoms with Crippen molar-refractivity contribution in [2.24, 2.45) is 0 Å². The Kier molecular flexibility index (Phi) is 3.51. The minimum Gasteiger partial charge on any atom is -0.469 e. The Bertz CT molecular complexity index is 373. The predicted octanol–water partition coefficient (Wildman–Crippen LogP) is 2.38. The highest BCUT2D eigenvalue weighted by Crippen LogP contribution is 2.29. The van der Waals surface area contributed by atoms with Crippen molar-refractivity contribution >= 4 is 5.97 Å². The van der Waals surface area contributed by atoms with Crippen molar-refractivity contribution in [3.05, 3.63) is 29.6 Å². The first-order chi connectivity index (χ1) is 7.36. The summed E-state index contributed by atoms with van der Waals surface area (Å²) in [6.45, 7) is 1.52. The van der Waals surface area contributed by atoms with Crippen molar-refractivity contribution in [3.63, 3.8) is 0 Å². The maximum Gasteiger partial charge on any atom is 0.417 e. The number of rotatable bonds is 2. The van der Waals surface area contributed by atoms with Crippen LogP contribution in [0, 0.1) is 0 Å². The summed E-state index contributed by atoms with van der Waals surface area (Å²) in [6, 6.07) is 2.06. The van der Waals surface area contributed by atoms with Gasteiger partial charge in [0.1, 0.15) is 0 Å². The number of alkyl halides is 3. The second-order valence-corrected chi connectivity index (χ2v) is 3.21. The van der Waals surface area contributed by atoms with Crippen molar-refractivity contribution in [2.75, 3.05) is 7.11 Å². The molecule has 0 aliphatic heterocycles. The first-order valence-electron chi connectivity index (χ1n) is 4.47. The van der Waals surface area contributed by atoms with Gasteiger partial charge in [-0.2, -0.15) is 13.2 Å². The molecule has 1 aromatic rings. The molecule has 6 heteroatoms. The highest BCUT2D eigenvalue weighted by Gasteiger charge is 2.31. The van der Waals surface area contributed by atoms with Gasteiger partial charge in [-0.25, -0.2) is 0 Å². The Morgan fingerprint density at radius 2 is 2.06 bits per heavy atom. The van der Waals surface area contributed by atoms with Crippen LogP contribution in [0.3, 0.4) is 0 Å². The predicted molar refractivity (Wildman–Crippen MR) is 49.7 cm³/mol. The lowest BCUT2D eigenvalue weighted by molar-refractivity contribution is -0.142. The number of nitrogens with zero attached hydrogens (tertiary/aromatic N) is 1. The van der Waals surface area contributed by atoms with E-state index in [1.54, 1.807) is 0 Å². The lowest BCUT2D eigenvalue weighted by Gasteiger charge is -2.10. The van der Waals surface area contributed by atoms with E-state index in [2.05, 4.69) is 9.72 Å². The third kappa shape index (κ3) is 2.71. The zero-order chi connectivity index (χ0) is 12.3. The van der Waals surface area contributed by atoms with Crippen LogP contribution >= 0.6 is 0 Å². The second kappa shape index (κ2) is 4.51. The maximum absolute atomic E-state index is 12.2. The lowest BCUT2D eigenvalue weighted by atomic mass is 10.1. The molecular formula is C10H10F3NO2. The zero-order valence-electron chi connectivity index (χ0n) is 8.71. The van der Waals surface area contributed by atoms with Gasteiger partial charge in [-0.05, 0) is 19.1 Å². The van der Waals surface area contributed by atoms with Gasteiger partial charge in [-0.1, -0.05) is 0 Å². The topological polar surface area (TPSA) is 39.2 Å². The third-order valence-electron chi connectivity index (χ3n) is 2.11. The summed E-state index contributed by atoms with van der Waals surface area (Å²) in [7, 11) is 1.21. The van der Waals surface area contributed by atoms with Crippen LogP contribution in [0.4, 0.5) is 13.2 Å². The van der Waals surface area contributed by atoms with E-state index in [0.29, 0.717) is 6.20 Å². The van der Waals surface area contributed by atoms with Crippen molar-refractivity contribution in [3.8, 4) is 0 Å². The van der Waals surface area contributed by atoms with Gasteiger partial charge in [-0.3, -0.25) is 9.78 Å². The Morgan fingerprint density at radius 3 is 2.44 bits per heavy atom. The van der Waals surface area contributed by atoms with Gasteiger partial charge < -0.3 is 4.74 Å². The van der Waals surface area contributed by atoms with E-state index >= 15 is 0 Å². The molecule has 16 heavy (non-hydrogen) atoms. The number of hydrogen-bond acceptors (Lipinski definition) is 3. The van der Waals surface area contributed by atoms with Gasteiger partial charge in [0.25, 0.3) is 0 Å². The van der Waals surface area contributed by atoms with Crippen LogP contribution in [-0.2, 0) is 15.7 Å². The molecule has 0 aliphatic rings. The van der Waals surface area contributed by atoms with Crippen molar-refractivity contribution in [1.29, 1.82) is 0 Å². The smallest absolute Gasteiger partial charge is 0.417 e. The van der Waals surface area contributed by atoms with Crippen LogP contribution in [-0.4, -0.2) is 18.1 Å². The summed E-state index contributed by atoms with van der Waals surface area (Å²) in [5.74, 6) is -1.21. The van der Waals surface area contributed by atoms with E-state index in [1.165, 1.54) is 20.1 Å². The van der Waals surface area contributed by atoms with Gasteiger partial charge in [0.15, 0.2) is 0 Å². The summed E-state index contributed by atoms with van der Waals surface area (Å²) in [6.07, 6.45) is -3.71. The molecule has 1 heterocycles. The minimum absolute atomic E-state index is 0.250. The summed E-state index contributed by atoms with van der Waals surface area (Å²) < 4.78 is 41.1. The van der Waals surface area contributed by atoms with E-state index in [0.717, 1.165) is 6.07 Å². The second-order valence-electron chi connectivity index (χ2n) is 3.21. The number of carbonyl (C=O) groups is 1. The van der Waals surface area contributed by atoms with Gasteiger partial charge in [0.05, 0.1) is 24.3 Å². The van der Waals surface area contributed by atoms with Crippen molar-refractivity contribution in [1.82, 2.24) is 4.98 Å². The average Bonchev–Trinajstić information content (AvgIpc) is 2.26. The molecular weight excluding hydrogens is 223 g/mol. The van der Waals surface area contributed by atoms with E-state index in [1.807, 2.05) is 0 Å². The summed E-state index contributed by atoms with van der Waals surface area (Å²) in [5.41, 5.74) is -0.590. The third-order valence-corrected chi connectivity index (χ3v) is 2.11. The summed E-state index contributed by atoms with van der Waals surface area (Å²) in [5, 5.41) is 0. The number of hydrogen-bond donors (Lipinski definition) is 0. The Balaban J connectivity index is 2.91. The monoisotopic (exact) mass is 233 g/mol. The molecule has 0 bridgehead atoms. The van der Waals surface area contributed by atoms with Crippen LogP contribution < -0.4 is 0 Å². The molecule has 1 unspecified atom stereocenters. The van der Waals surface area contributed by atoms with Crippen LogP contribution in [0.5, 0.6) is 0 Å². The maximum atomic E-state index is 12.2. The number of pyridine rings is 1. The summed E-state index contributed by atoms with van der Waals surface area (Å²) in [4.78, 5) is 14.7. The molecule has 0 aromatic carbocycles. The van der Waals surface area contributed by atoms with E-state index < -0.39 is 23.6 Å². The van der Waals surface area contributed by atoms with E-state index in [4.69, 9.17) is 0 Å². The first kappa shape index (κ1) is 12.5. The average molecular weight is 233 g/mol. The molecule has 1 aromatic heterocycles. The first-order valence-corrected chi connectivity index (χ1v) is 4.47. The number of halogens is 3. The zero-order valence-corrected chi connectivity index (χ0v) is 8.71. The largest absolute Gasteiger partial charge is 0.469 e. The van der Waals surface area contributed by atoms with Crippen LogP contribution in [0.25, 0.3) is 0 Å². The normalized spacial score (nSPS) is 13.3. The number of esters is 1. The number of ether oxygens (including phenoxy) is 1. The Morgan fingerprint density at radius 1 is 1.44 bits per heavy atom. The molecule has 0 saturated heterocycles. The minimum atomic E-state index is -4.42.